The van der Waals surface area contributed by atoms with Crippen LogP contribution in [0.4, 0.5) is 54.1 Å². The van der Waals surface area contributed by atoms with Crippen LogP contribution in [0.5, 0.6) is 0 Å². The Labute approximate surface area is 148 Å². The zero-order chi connectivity index (χ0) is 22.1. The number of pyridine rings is 1. The van der Waals surface area contributed by atoms with E-state index in [2.05, 4.69) is 4.98 Å². The first-order valence-corrected chi connectivity index (χ1v) is 7.13. The third kappa shape index (κ3) is 2.28. The average Bonchev–Trinajstić information content (AvgIpc) is 2.50. The lowest BCUT2D eigenvalue weighted by Crippen LogP contribution is -2.86. The molecule has 0 aliphatic heterocycles. The Morgan fingerprint density at radius 2 is 1.14 bits per heavy atom. The molecular weight excluding hydrogens is 421 g/mol. The van der Waals surface area contributed by atoms with Crippen LogP contribution in [0.1, 0.15) is 11.3 Å². The van der Waals surface area contributed by atoms with Gasteiger partial charge in [0.05, 0.1) is 0 Å². The number of nitrogens with zero attached hydrogens (tertiary/aromatic N) is 1. The van der Waals surface area contributed by atoms with Crippen LogP contribution in [0.3, 0.4) is 0 Å². The fourth-order valence-corrected chi connectivity index (χ4v) is 2.61. The minimum Gasteiger partial charge on any atom is -0.307 e. The highest BCUT2D eigenvalue weighted by molar-refractivity contribution is 5.99. The molecule has 2 rings (SSSR count). The Bertz CT molecular complexity index is 771. The summed E-state index contributed by atoms with van der Waals surface area (Å²) in [5.74, 6) is -40.8. The molecule has 158 valence electrons. The molecule has 14 heteroatoms. The van der Waals surface area contributed by atoms with Crippen molar-refractivity contribution in [3.63, 3.8) is 0 Å². The summed E-state index contributed by atoms with van der Waals surface area (Å²) in [6.07, 6.45) is 0. The molecule has 1 aromatic rings. The van der Waals surface area contributed by atoms with Gasteiger partial charge >= 0.3 is 35.3 Å². The summed E-state index contributed by atoms with van der Waals surface area (Å²) in [7, 11) is 0. The normalized spacial score (nSPS) is 25.8. The van der Waals surface area contributed by atoms with Crippen molar-refractivity contribution < 1.29 is 53.1 Å². The molecule has 0 radical (unpaired) electrons. The Morgan fingerprint density at radius 3 is 1.54 bits per heavy atom. The van der Waals surface area contributed by atoms with Crippen molar-refractivity contribution in [2.75, 3.05) is 5.32 Å². The van der Waals surface area contributed by atoms with Gasteiger partial charge in [0.25, 0.3) is 5.91 Å². The van der Waals surface area contributed by atoms with Gasteiger partial charge in [-0.25, -0.2) is 9.37 Å². The molecule has 0 atom stereocenters. The number of nitrogens with one attached hydrogen (secondary N) is 1. The van der Waals surface area contributed by atoms with Gasteiger partial charge in [0.15, 0.2) is 0 Å². The first-order chi connectivity index (χ1) is 12.3. The average molecular weight is 430 g/mol. The van der Waals surface area contributed by atoms with E-state index in [-0.39, 0.29) is 11.3 Å². The van der Waals surface area contributed by atoms with E-state index in [1.54, 1.807) is 0 Å². The monoisotopic (exact) mass is 430 g/mol. The number of hydrogen-bond donors (Lipinski definition) is 1. The molecule has 0 spiro atoms. The molecule has 1 aliphatic carbocycles. The number of rotatable bonds is 2. The zero-order valence-corrected chi connectivity index (χ0v) is 13.7. The largest absolute Gasteiger partial charge is 0.384 e. The molecule has 1 amide bonds. The molecule has 1 N–H and O–H groups in total. The highest BCUT2D eigenvalue weighted by Gasteiger charge is 3.02. The fourth-order valence-electron chi connectivity index (χ4n) is 2.61. The summed E-state index contributed by atoms with van der Waals surface area (Å²) in [6, 6.07) is 2.08. The molecule has 0 saturated heterocycles. The Hall–Kier alpha value is -2.15. The van der Waals surface area contributed by atoms with Crippen molar-refractivity contribution in [1.82, 2.24) is 4.98 Å². The lowest BCUT2D eigenvalue weighted by Gasteiger charge is -2.51. The smallest absolute Gasteiger partial charge is 0.307 e. The van der Waals surface area contributed by atoms with Gasteiger partial charge in [-0.3, -0.25) is 4.79 Å². The van der Waals surface area contributed by atoms with E-state index < -0.39 is 47.0 Å². The van der Waals surface area contributed by atoms with E-state index >= 15 is 0 Å². The third-order valence-corrected chi connectivity index (χ3v) is 4.09. The van der Waals surface area contributed by atoms with E-state index in [0.717, 1.165) is 11.4 Å². The SMILES string of the molecule is Cc1cc(C)nc(NC(=O)C2(F)C(F)(F)C(F)(F)C(F)(F)C(F)(F)C2(F)F)c1. The maximum absolute atomic E-state index is 14.5. The first-order valence-electron chi connectivity index (χ1n) is 7.13. The Kier molecular flexibility index (Phi) is 4.50. The van der Waals surface area contributed by atoms with Crippen LogP contribution >= 0.6 is 0 Å². The number of aromatic nitrogens is 1. The number of carbonyl (C=O) groups excluding carboxylic acids is 1. The minimum absolute atomic E-state index is 0.00701. The molecule has 1 aromatic heterocycles. The minimum atomic E-state index is -7.37. The van der Waals surface area contributed by atoms with Crippen LogP contribution in [-0.4, -0.2) is 46.2 Å². The van der Waals surface area contributed by atoms with Gasteiger partial charge in [0.1, 0.15) is 5.82 Å². The third-order valence-electron chi connectivity index (χ3n) is 4.09. The molecule has 1 heterocycles. The number of aryl methyl sites for hydroxylation is 2. The number of alkyl halides is 11. The van der Waals surface area contributed by atoms with Gasteiger partial charge in [-0.15, -0.1) is 0 Å². The number of amides is 1. The molecule has 0 bridgehead atoms. The molecule has 0 aromatic carbocycles. The lowest BCUT2D eigenvalue weighted by atomic mass is 9.71. The van der Waals surface area contributed by atoms with Crippen molar-refractivity contribution in [3.05, 3.63) is 23.4 Å². The maximum Gasteiger partial charge on any atom is 0.384 e. The van der Waals surface area contributed by atoms with Crippen LogP contribution in [-0.2, 0) is 4.79 Å². The van der Waals surface area contributed by atoms with Crippen molar-refractivity contribution in [2.45, 2.75) is 49.1 Å². The zero-order valence-electron chi connectivity index (χ0n) is 13.7. The van der Waals surface area contributed by atoms with Gasteiger partial charge in [-0.1, -0.05) is 0 Å². The quantitative estimate of drug-likeness (QED) is 0.701. The van der Waals surface area contributed by atoms with Gasteiger partial charge in [0.2, 0.25) is 0 Å². The summed E-state index contributed by atoms with van der Waals surface area (Å²) in [5, 5.41) is 0.951. The predicted octanol–water partition coefficient (Wildman–Crippen LogP) is 4.54. The van der Waals surface area contributed by atoms with Gasteiger partial charge < -0.3 is 5.32 Å². The topological polar surface area (TPSA) is 42.0 Å². The standard InChI is InChI=1S/C14H9F11N2O/c1-5-3-6(2)26-7(4-5)27-8(28)9(15)10(16,17)12(20,21)14(24,25)13(22,23)11(9,18)19/h3-4H,1-2H3,(H,26,27,28). The molecule has 1 aliphatic rings. The summed E-state index contributed by atoms with van der Waals surface area (Å²) < 4.78 is 149. The van der Waals surface area contributed by atoms with E-state index in [9.17, 15) is 53.1 Å². The Morgan fingerprint density at radius 1 is 0.750 bits per heavy atom. The molecule has 1 fully saturated rings. The number of halogens is 11. The van der Waals surface area contributed by atoms with Crippen molar-refractivity contribution in [3.8, 4) is 0 Å². The van der Waals surface area contributed by atoms with E-state index in [0.29, 0.717) is 0 Å². The second-order valence-electron chi connectivity index (χ2n) is 6.16. The lowest BCUT2D eigenvalue weighted by molar-refractivity contribution is -0.475. The summed E-state index contributed by atoms with van der Waals surface area (Å²) >= 11 is 0. The Balaban J connectivity index is 2.69. The fraction of sp³-hybridized carbons (Fsp3) is 0.571. The molecule has 0 unspecified atom stereocenters. The first kappa shape index (κ1) is 22.1. The van der Waals surface area contributed by atoms with Gasteiger partial charge in [0, 0.05) is 5.69 Å². The summed E-state index contributed by atoms with van der Waals surface area (Å²) in [6.45, 7) is 2.54. The predicted molar refractivity (Wildman–Crippen MR) is 70.9 cm³/mol. The van der Waals surface area contributed by atoms with Crippen LogP contribution in [0.25, 0.3) is 0 Å². The van der Waals surface area contributed by atoms with Crippen LogP contribution in [0.15, 0.2) is 12.1 Å². The van der Waals surface area contributed by atoms with Crippen LogP contribution in [0.2, 0.25) is 0 Å². The second kappa shape index (κ2) is 5.69. The summed E-state index contributed by atoms with van der Waals surface area (Å²) in [4.78, 5) is 15.1. The molecule has 1 saturated carbocycles. The molecular formula is C14H9F11N2O. The van der Waals surface area contributed by atoms with E-state index in [4.69, 9.17) is 0 Å². The molecule has 3 nitrogen and oxygen atoms in total. The second-order valence-corrected chi connectivity index (χ2v) is 6.16. The number of carbonyl (C=O) groups is 1. The summed E-state index contributed by atoms with van der Waals surface area (Å²) in [5.41, 5.74) is -6.54. The van der Waals surface area contributed by atoms with Crippen molar-refractivity contribution in [1.29, 1.82) is 0 Å². The highest BCUT2D eigenvalue weighted by Crippen LogP contribution is 2.69. The van der Waals surface area contributed by atoms with Crippen LogP contribution < -0.4 is 5.32 Å². The van der Waals surface area contributed by atoms with Crippen LogP contribution in [0, 0.1) is 13.8 Å². The van der Waals surface area contributed by atoms with Crippen molar-refractivity contribution >= 4 is 11.7 Å². The van der Waals surface area contributed by atoms with Crippen molar-refractivity contribution in [2.24, 2.45) is 0 Å². The van der Waals surface area contributed by atoms with E-state index in [1.807, 2.05) is 0 Å². The molecule has 28 heavy (non-hydrogen) atoms. The van der Waals surface area contributed by atoms with E-state index in [1.165, 1.54) is 19.9 Å². The number of anilines is 1. The van der Waals surface area contributed by atoms with Gasteiger partial charge in [-0.05, 0) is 31.5 Å². The van der Waals surface area contributed by atoms with Gasteiger partial charge in [-0.2, -0.15) is 43.9 Å². The highest BCUT2D eigenvalue weighted by atomic mass is 19.4. The maximum atomic E-state index is 14.5. The number of hydrogen-bond acceptors (Lipinski definition) is 2.